The molecule has 0 unspecified atom stereocenters. The van der Waals surface area contributed by atoms with Crippen molar-refractivity contribution in [3.05, 3.63) is 22.2 Å². The van der Waals surface area contributed by atoms with Gasteiger partial charge in [-0.2, -0.15) is 0 Å². The minimum atomic E-state index is 0. The quantitative estimate of drug-likeness (QED) is 0.352. The van der Waals surface area contributed by atoms with Crippen molar-refractivity contribution < 1.29 is 9.47 Å². The molecule has 0 aliphatic carbocycles. The van der Waals surface area contributed by atoms with Gasteiger partial charge in [-0.3, -0.25) is 0 Å². The van der Waals surface area contributed by atoms with E-state index in [1.807, 2.05) is 12.1 Å². The average Bonchev–Trinajstić information content (AvgIpc) is 2.50. The smallest absolute Gasteiger partial charge is 0.191 e. The maximum Gasteiger partial charge on any atom is 0.191 e. The molecular formula is C15H25BrIN3O2. The Hall–Kier alpha value is -0.700. The molecule has 0 bridgehead atoms. The summed E-state index contributed by atoms with van der Waals surface area (Å²) in [5.41, 5.74) is 1.04. The van der Waals surface area contributed by atoms with Crippen molar-refractivity contribution in [3.8, 4) is 11.5 Å². The molecule has 126 valence electrons. The molecule has 1 aromatic rings. The second kappa shape index (κ2) is 11.8. The first-order chi connectivity index (χ1) is 10.2. The number of guanidine groups is 1. The van der Waals surface area contributed by atoms with Crippen LogP contribution in [0, 0.1) is 0 Å². The predicted molar refractivity (Wildman–Crippen MR) is 106 cm³/mol. The zero-order valence-electron chi connectivity index (χ0n) is 13.5. The Morgan fingerprint density at radius 1 is 1.14 bits per heavy atom. The zero-order valence-corrected chi connectivity index (χ0v) is 17.4. The third-order valence-electron chi connectivity index (χ3n) is 2.85. The van der Waals surface area contributed by atoms with E-state index in [9.17, 15) is 0 Å². The molecule has 0 atom stereocenters. The van der Waals surface area contributed by atoms with Gasteiger partial charge in [-0.15, -0.1) is 24.0 Å². The van der Waals surface area contributed by atoms with Crippen LogP contribution in [0.25, 0.3) is 0 Å². The fourth-order valence-electron chi connectivity index (χ4n) is 1.77. The summed E-state index contributed by atoms with van der Waals surface area (Å²) in [7, 11) is 3.26. The standard InChI is InChI=1S/C15H24BrN3O2.HI/c1-5-7-18-15(17-6-2)19-10-11-8-13(20-3)14(21-4)9-12(11)16;/h8-9H,5-7,10H2,1-4H3,(H2,17,18,19);1H. The monoisotopic (exact) mass is 485 g/mol. The maximum atomic E-state index is 5.33. The van der Waals surface area contributed by atoms with Crippen LogP contribution < -0.4 is 20.1 Å². The molecule has 0 heterocycles. The molecule has 22 heavy (non-hydrogen) atoms. The van der Waals surface area contributed by atoms with Crippen molar-refractivity contribution in [1.29, 1.82) is 0 Å². The molecule has 5 nitrogen and oxygen atoms in total. The molecule has 0 radical (unpaired) electrons. The Kier molecular flexibility index (Phi) is 11.4. The number of hydrogen-bond donors (Lipinski definition) is 2. The third kappa shape index (κ3) is 6.60. The Balaban J connectivity index is 0.00000441. The number of nitrogens with one attached hydrogen (secondary N) is 2. The van der Waals surface area contributed by atoms with E-state index in [0.29, 0.717) is 18.0 Å². The van der Waals surface area contributed by atoms with E-state index in [-0.39, 0.29) is 24.0 Å². The molecule has 1 aromatic carbocycles. The Labute approximate surface area is 158 Å². The van der Waals surface area contributed by atoms with Crippen molar-refractivity contribution >= 4 is 45.9 Å². The third-order valence-corrected chi connectivity index (χ3v) is 3.58. The van der Waals surface area contributed by atoms with Crippen molar-refractivity contribution in [2.45, 2.75) is 26.8 Å². The molecule has 7 heteroatoms. The van der Waals surface area contributed by atoms with Gasteiger partial charge in [-0.05, 0) is 31.0 Å². The Morgan fingerprint density at radius 2 is 1.77 bits per heavy atom. The van der Waals surface area contributed by atoms with Crippen LogP contribution in [0.4, 0.5) is 0 Å². The lowest BCUT2D eigenvalue weighted by Gasteiger charge is -2.13. The summed E-state index contributed by atoms with van der Waals surface area (Å²) in [4.78, 5) is 4.58. The maximum absolute atomic E-state index is 5.33. The minimum absolute atomic E-state index is 0. The van der Waals surface area contributed by atoms with Gasteiger partial charge in [0.1, 0.15) is 0 Å². The number of halogens is 2. The number of aliphatic imine (C=N–C) groups is 1. The minimum Gasteiger partial charge on any atom is -0.493 e. The van der Waals surface area contributed by atoms with Crippen LogP contribution in [0.3, 0.4) is 0 Å². The highest BCUT2D eigenvalue weighted by atomic mass is 127. The van der Waals surface area contributed by atoms with Crippen LogP contribution >= 0.6 is 39.9 Å². The molecule has 0 saturated carbocycles. The molecule has 0 fully saturated rings. The SMILES string of the molecule is CCCNC(=NCc1cc(OC)c(OC)cc1Br)NCC.I. The van der Waals surface area contributed by atoms with Crippen LogP contribution in [0.5, 0.6) is 11.5 Å². The summed E-state index contributed by atoms with van der Waals surface area (Å²) in [5.74, 6) is 2.23. The van der Waals surface area contributed by atoms with Gasteiger partial charge < -0.3 is 20.1 Å². The number of rotatable bonds is 7. The molecule has 0 aliphatic rings. The molecule has 2 N–H and O–H groups in total. The summed E-state index contributed by atoms with van der Waals surface area (Å²) in [6, 6.07) is 3.84. The first kappa shape index (κ1) is 21.3. The van der Waals surface area contributed by atoms with Gasteiger partial charge in [0, 0.05) is 17.6 Å². The summed E-state index contributed by atoms with van der Waals surface area (Å²) in [5, 5.41) is 6.50. The first-order valence-electron chi connectivity index (χ1n) is 7.08. The lowest BCUT2D eigenvalue weighted by atomic mass is 10.2. The van der Waals surface area contributed by atoms with Gasteiger partial charge in [0.2, 0.25) is 0 Å². The van der Waals surface area contributed by atoms with Gasteiger partial charge in [-0.1, -0.05) is 22.9 Å². The van der Waals surface area contributed by atoms with E-state index in [2.05, 4.69) is 45.4 Å². The highest BCUT2D eigenvalue weighted by Gasteiger charge is 2.09. The van der Waals surface area contributed by atoms with Gasteiger partial charge in [0.05, 0.1) is 20.8 Å². The van der Waals surface area contributed by atoms with Crippen LogP contribution in [-0.2, 0) is 6.54 Å². The van der Waals surface area contributed by atoms with E-state index < -0.39 is 0 Å². The normalized spacial score (nSPS) is 10.7. The number of ether oxygens (including phenoxy) is 2. The molecule has 0 saturated heterocycles. The van der Waals surface area contributed by atoms with Gasteiger partial charge >= 0.3 is 0 Å². The van der Waals surface area contributed by atoms with E-state index in [4.69, 9.17) is 9.47 Å². The summed E-state index contributed by atoms with van der Waals surface area (Å²) < 4.78 is 11.6. The molecule has 0 aliphatic heterocycles. The van der Waals surface area contributed by atoms with E-state index in [1.165, 1.54) is 0 Å². The Bertz CT molecular complexity index is 484. The van der Waals surface area contributed by atoms with Crippen LogP contribution in [0.2, 0.25) is 0 Å². The number of benzene rings is 1. The zero-order chi connectivity index (χ0) is 15.7. The number of nitrogens with zero attached hydrogens (tertiary/aromatic N) is 1. The lowest BCUT2D eigenvalue weighted by molar-refractivity contribution is 0.354. The summed E-state index contributed by atoms with van der Waals surface area (Å²) in [6.45, 7) is 6.47. The fraction of sp³-hybridized carbons (Fsp3) is 0.533. The summed E-state index contributed by atoms with van der Waals surface area (Å²) in [6.07, 6.45) is 1.06. The number of hydrogen-bond acceptors (Lipinski definition) is 3. The van der Waals surface area contributed by atoms with Gasteiger partial charge in [0.15, 0.2) is 17.5 Å². The Morgan fingerprint density at radius 3 is 2.32 bits per heavy atom. The highest BCUT2D eigenvalue weighted by molar-refractivity contribution is 14.0. The van der Waals surface area contributed by atoms with Gasteiger partial charge in [0.25, 0.3) is 0 Å². The lowest BCUT2D eigenvalue weighted by Crippen LogP contribution is -2.37. The van der Waals surface area contributed by atoms with Crippen LogP contribution in [0.1, 0.15) is 25.8 Å². The second-order valence-corrected chi connectivity index (χ2v) is 5.27. The van der Waals surface area contributed by atoms with Crippen molar-refractivity contribution in [3.63, 3.8) is 0 Å². The average molecular weight is 486 g/mol. The molecule has 0 spiro atoms. The fourth-order valence-corrected chi connectivity index (χ4v) is 2.21. The van der Waals surface area contributed by atoms with Crippen molar-refractivity contribution in [2.24, 2.45) is 4.99 Å². The first-order valence-corrected chi connectivity index (χ1v) is 7.88. The van der Waals surface area contributed by atoms with E-state index in [0.717, 1.165) is 35.5 Å². The van der Waals surface area contributed by atoms with E-state index >= 15 is 0 Å². The van der Waals surface area contributed by atoms with Crippen LogP contribution in [0.15, 0.2) is 21.6 Å². The summed E-state index contributed by atoms with van der Waals surface area (Å²) >= 11 is 3.55. The molecular weight excluding hydrogens is 461 g/mol. The largest absolute Gasteiger partial charge is 0.493 e. The molecule has 1 rings (SSSR count). The second-order valence-electron chi connectivity index (χ2n) is 4.42. The number of methoxy groups -OCH3 is 2. The molecule has 0 amide bonds. The topological polar surface area (TPSA) is 54.9 Å². The highest BCUT2D eigenvalue weighted by Crippen LogP contribution is 2.33. The molecule has 0 aromatic heterocycles. The van der Waals surface area contributed by atoms with Crippen molar-refractivity contribution in [1.82, 2.24) is 10.6 Å². The van der Waals surface area contributed by atoms with Crippen LogP contribution in [-0.4, -0.2) is 33.3 Å². The predicted octanol–water partition coefficient (Wildman–Crippen LogP) is 3.55. The van der Waals surface area contributed by atoms with Crippen molar-refractivity contribution in [2.75, 3.05) is 27.3 Å². The van der Waals surface area contributed by atoms with Gasteiger partial charge in [-0.25, -0.2) is 4.99 Å². The van der Waals surface area contributed by atoms with E-state index in [1.54, 1.807) is 14.2 Å².